The minimum Gasteiger partial charge on any atom is -0.388 e. The largest absolute Gasteiger partial charge is 0.388 e. The fourth-order valence-electron chi connectivity index (χ4n) is 1.45. The van der Waals surface area contributed by atoms with E-state index in [0.717, 1.165) is 5.56 Å². The molecule has 1 aromatic heterocycles. The van der Waals surface area contributed by atoms with Gasteiger partial charge in [0.2, 0.25) is 0 Å². The first-order chi connectivity index (χ1) is 7.36. The van der Waals surface area contributed by atoms with Crippen molar-refractivity contribution < 1.29 is 5.11 Å². The lowest BCUT2D eigenvalue weighted by Gasteiger charge is -2.10. The predicted octanol–water partition coefficient (Wildman–Crippen LogP) is 1.40. The monoisotopic (exact) mass is 203 g/mol. The molecule has 4 heteroatoms. The zero-order valence-electron chi connectivity index (χ0n) is 8.32. The second kappa shape index (κ2) is 4.70. The molecule has 0 fully saturated rings. The van der Waals surface area contributed by atoms with Crippen LogP contribution in [-0.4, -0.2) is 20.1 Å². The van der Waals surface area contributed by atoms with E-state index in [1.54, 1.807) is 17.1 Å². The molecule has 0 amide bonds. The van der Waals surface area contributed by atoms with Crippen LogP contribution >= 0.6 is 0 Å². The summed E-state index contributed by atoms with van der Waals surface area (Å²) in [6.07, 6.45) is 3.63. The molecule has 0 aliphatic carbocycles. The SMILES string of the molecule is OC(CCn1ccnn1)c1ccccc1. The van der Waals surface area contributed by atoms with Crippen LogP contribution in [0.25, 0.3) is 0 Å². The highest BCUT2D eigenvalue weighted by atomic mass is 16.3. The van der Waals surface area contributed by atoms with Gasteiger partial charge < -0.3 is 5.11 Å². The summed E-state index contributed by atoms with van der Waals surface area (Å²) in [6, 6.07) is 9.63. The Morgan fingerprint density at radius 1 is 1.27 bits per heavy atom. The van der Waals surface area contributed by atoms with E-state index in [1.807, 2.05) is 30.3 Å². The summed E-state index contributed by atoms with van der Waals surface area (Å²) < 4.78 is 1.71. The number of aryl methyl sites for hydroxylation is 1. The maximum atomic E-state index is 9.86. The minimum atomic E-state index is -0.435. The lowest BCUT2D eigenvalue weighted by molar-refractivity contribution is 0.159. The van der Waals surface area contributed by atoms with E-state index < -0.39 is 6.10 Å². The van der Waals surface area contributed by atoms with E-state index in [-0.39, 0.29) is 0 Å². The summed E-state index contributed by atoms with van der Waals surface area (Å²) in [4.78, 5) is 0. The number of hydrogen-bond acceptors (Lipinski definition) is 3. The quantitative estimate of drug-likeness (QED) is 0.817. The Balaban J connectivity index is 1.90. The molecular formula is C11H13N3O. The molecule has 1 N–H and O–H groups in total. The summed E-state index contributed by atoms with van der Waals surface area (Å²) >= 11 is 0. The zero-order valence-corrected chi connectivity index (χ0v) is 8.32. The number of rotatable bonds is 4. The smallest absolute Gasteiger partial charge is 0.0807 e. The average Bonchev–Trinajstić information content (AvgIpc) is 2.80. The van der Waals surface area contributed by atoms with Crippen LogP contribution in [0.3, 0.4) is 0 Å². The molecule has 1 heterocycles. The van der Waals surface area contributed by atoms with Crippen molar-refractivity contribution in [3.63, 3.8) is 0 Å². The van der Waals surface area contributed by atoms with Gasteiger partial charge in [-0.25, -0.2) is 0 Å². The first-order valence-electron chi connectivity index (χ1n) is 4.93. The Labute approximate surface area is 88.2 Å². The Bertz CT molecular complexity index is 385. The molecular weight excluding hydrogens is 190 g/mol. The minimum absolute atomic E-state index is 0.435. The second-order valence-corrected chi connectivity index (χ2v) is 3.38. The van der Waals surface area contributed by atoms with Crippen molar-refractivity contribution in [2.24, 2.45) is 0 Å². The molecule has 2 rings (SSSR count). The summed E-state index contributed by atoms with van der Waals surface area (Å²) in [5.41, 5.74) is 0.942. The third-order valence-corrected chi connectivity index (χ3v) is 2.29. The number of hydrogen-bond donors (Lipinski definition) is 1. The molecule has 0 radical (unpaired) electrons. The van der Waals surface area contributed by atoms with Gasteiger partial charge in [0.05, 0.1) is 12.3 Å². The molecule has 1 atom stereocenters. The van der Waals surface area contributed by atoms with E-state index in [1.165, 1.54) is 0 Å². The molecule has 4 nitrogen and oxygen atoms in total. The molecule has 1 aromatic carbocycles. The van der Waals surface area contributed by atoms with Crippen molar-refractivity contribution in [1.29, 1.82) is 0 Å². The van der Waals surface area contributed by atoms with Crippen LogP contribution in [-0.2, 0) is 6.54 Å². The number of aliphatic hydroxyl groups excluding tert-OH is 1. The Kier molecular flexibility index (Phi) is 3.09. The molecule has 0 saturated carbocycles. The summed E-state index contributed by atoms with van der Waals surface area (Å²) in [5, 5.41) is 17.4. The third kappa shape index (κ3) is 2.63. The van der Waals surface area contributed by atoms with Crippen LogP contribution < -0.4 is 0 Å². The highest BCUT2D eigenvalue weighted by Gasteiger charge is 2.06. The van der Waals surface area contributed by atoms with E-state index in [0.29, 0.717) is 13.0 Å². The van der Waals surface area contributed by atoms with Gasteiger partial charge in [-0.15, -0.1) is 5.10 Å². The highest BCUT2D eigenvalue weighted by Crippen LogP contribution is 2.16. The van der Waals surface area contributed by atoms with Gasteiger partial charge >= 0.3 is 0 Å². The summed E-state index contributed by atoms with van der Waals surface area (Å²) in [6.45, 7) is 0.677. The lowest BCUT2D eigenvalue weighted by atomic mass is 10.1. The molecule has 0 aliphatic heterocycles. The summed E-state index contributed by atoms with van der Waals surface area (Å²) in [5.74, 6) is 0. The predicted molar refractivity (Wildman–Crippen MR) is 56.0 cm³/mol. The van der Waals surface area contributed by atoms with Crippen molar-refractivity contribution in [1.82, 2.24) is 15.0 Å². The van der Waals surface area contributed by atoms with Crippen LogP contribution in [0.15, 0.2) is 42.7 Å². The van der Waals surface area contributed by atoms with Gasteiger partial charge in [0.25, 0.3) is 0 Å². The average molecular weight is 203 g/mol. The molecule has 0 bridgehead atoms. The second-order valence-electron chi connectivity index (χ2n) is 3.38. The number of aromatic nitrogens is 3. The highest BCUT2D eigenvalue weighted by molar-refractivity contribution is 5.16. The maximum absolute atomic E-state index is 9.86. The van der Waals surface area contributed by atoms with Gasteiger partial charge in [0.1, 0.15) is 0 Å². The van der Waals surface area contributed by atoms with Crippen molar-refractivity contribution >= 4 is 0 Å². The van der Waals surface area contributed by atoms with Crippen LogP contribution in [0.1, 0.15) is 18.1 Å². The van der Waals surface area contributed by atoms with Crippen LogP contribution in [0, 0.1) is 0 Å². The van der Waals surface area contributed by atoms with E-state index in [4.69, 9.17) is 0 Å². The normalized spacial score (nSPS) is 12.6. The van der Waals surface area contributed by atoms with Crippen LogP contribution in [0.5, 0.6) is 0 Å². The first kappa shape index (κ1) is 9.86. The standard InChI is InChI=1S/C11H13N3O/c15-11(10-4-2-1-3-5-10)6-8-14-9-7-12-13-14/h1-5,7,9,11,15H,6,8H2. The molecule has 2 aromatic rings. The van der Waals surface area contributed by atoms with Crippen LogP contribution in [0.4, 0.5) is 0 Å². The number of benzene rings is 1. The molecule has 0 saturated heterocycles. The molecule has 0 spiro atoms. The fraction of sp³-hybridized carbons (Fsp3) is 0.273. The topological polar surface area (TPSA) is 50.9 Å². The van der Waals surface area contributed by atoms with Crippen molar-refractivity contribution in [3.05, 3.63) is 48.3 Å². The van der Waals surface area contributed by atoms with Crippen LogP contribution in [0.2, 0.25) is 0 Å². The van der Waals surface area contributed by atoms with E-state index >= 15 is 0 Å². The Morgan fingerprint density at radius 3 is 2.73 bits per heavy atom. The Morgan fingerprint density at radius 2 is 2.07 bits per heavy atom. The third-order valence-electron chi connectivity index (χ3n) is 2.29. The Hall–Kier alpha value is -1.68. The first-order valence-corrected chi connectivity index (χ1v) is 4.93. The zero-order chi connectivity index (χ0) is 10.5. The van der Waals surface area contributed by atoms with Gasteiger partial charge in [-0.1, -0.05) is 35.5 Å². The number of aliphatic hydroxyl groups is 1. The van der Waals surface area contributed by atoms with Gasteiger partial charge in [-0.3, -0.25) is 4.68 Å². The molecule has 78 valence electrons. The van der Waals surface area contributed by atoms with Gasteiger partial charge in [-0.05, 0) is 12.0 Å². The van der Waals surface area contributed by atoms with Crippen molar-refractivity contribution in [2.75, 3.05) is 0 Å². The van der Waals surface area contributed by atoms with Crippen molar-refractivity contribution in [2.45, 2.75) is 19.1 Å². The molecule has 15 heavy (non-hydrogen) atoms. The lowest BCUT2D eigenvalue weighted by Crippen LogP contribution is -2.05. The van der Waals surface area contributed by atoms with Crippen molar-refractivity contribution in [3.8, 4) is 0 Å². The molecule has 0 aliphatic rings. The maximum Gasteiger partial charge on any atom is 0.0807 e. The van der Waals surface area contributed by atoms with Gasteiger partial charge in [0.15, 0.2) is 0 Å². The van der Waals surface area contributed by atoms with E-state index in [9.17, 15) is 5.11 Å². The van der Waals surface area contributed by atoms with Gasteiger partial charge in [-0.2, -0.15) is 0 Å². The molecule has 1 unspecified atom stereocenters. The number of nitrogens with zero attached hydrogens (tertiary/aromatic N) is 3. The fourth-order valence-corrected chi connectivity index (χ4v) is 1.45. The van der Waals surface area contributed by atoms with E-state index in [2.05, 4.69) is 10.3 Å². The summed E-state index contributed by atoms with van der Waals surface area (Å²) in [7, 11) is 0. The van der Waals surface area contributed by atoms with Gasteiger partial charge in [0, 0.05) is 12.7 Å².